The highest BCUT2D eigenvalue weighted by molar-refractivity contribution is 5.66. The second-order valence-electron chi connectivity index (χ2n) is 3.39. The van der Waals surface area contributed by atoms with E-state index < -0.39 is 6.09 Å². The monoisotopic (exact) mass is 185 g/mol. The second-order valence-corrected chi connectivity index (χ2v) is 3.39. The van der Waals surface area contributed by atoms with E-state index in [0.717, 1.165) is 5.70 Å². The van der Waals surface area contributed by atoms with E-state index in [9.17, 15) is 4.79 Å². The van der Waals surface area contributed by atoms with Gasteiger partial charge in [0.15, 0.2) is 0 Å². The Labute approximate surface area is 77.4 Å². The third-order valence-corrected chi connectivity index (χ3v) is 1.94. The average Bonchev–Trinajstić information content (AvgIpc) is 2.31. The maximum Gasteiger partial charge on any atom is 0.412 e. The van der Waals surface area contributed by atoms with Crippen LogP contribution in [0, 0.1) is 0 Å². The lowest BCUT2D eigenvalue weighted by Crippen LogP contribution is -2.28. The van der Waals surface area contributed by atoms with Crippen LogP contribution >= 0.6 is 0 Å². The van der Waals surface area contributed by atoms with Crippen molar-refractivity contribution in [1.29, 1.82) is 0 Å². The van der Waals surface area contributed by atoms with Crippen molar-refractivity contribution in [1.82, 2.24) is 9.80 Å². The molecular weight excluding hydrogens is 170 g/mol. The molecule has 5 heteroatoms. The van der Waals surface area contributed by atoms with E-state index in [2.05, 4.69) is 0 Å². The summed E-state index contributed by atoms with van der Waals surface area (Å²) in [7, 11) is 1.86. The van der Waals surface area contributed by atoms with E-state index in [1.165, 1.54) is 4.90 Å². The predicted molar refractivity (Wildman–Crippen MR) is 48.8 cm³/mol. The lowest BCUT2D eigenvalue weighted by molar-refractivity contribution is 0.155. The average molecular weight is 185 g/mol. The van der Waals surface area contributed by atoms with Gasteiger partial charge in [0.25, 0.3) is 0 Å². The highest BCUT2D eigenvalue weighted by atomic mass is 16.4. The molecule has 1 aliphatic rings. The number of amides is 1. The molecule has 0 radical (unpaired) electrons. The molecule has 74 valence electrons. The molecular formula is C8H15N3O2. The van der Waals surface area contributed by atoms with Gasteiger partial charge in [-0.15, -0.1) is 0 Å². The first-order chi connectivity index (χ1) is 6.00. The molecule has 1 aliphatic heterocycles. The molecule has 0 bridgehead atoms. The standard InChI is InChI=1S/C8H15N3O2/c1-6(9)3-7-4-11(8(12)13)5-10(7)2/h4,6H,3,5,9H2,1-2H3,(H,12,13)/t6-/m1/s1. The molecule has 1 rings (SSSR count). The third kappa shape index (κ3) is 2.35. The van der Waals surface area contributed by atoms with Crippen molar-refractivity contribution in [2.75, 3.05) is 13.7 Å². The fourth-order valence-electron chi connectivity index (χ4n) is 1.29. The first-order valence-electron chi connectivity index (χ1n) is 4.17. The number of hydrogen-bond donors (Lipinski definition) is 2. The van der Waals surface area contributed by atoms with Gasteiger partial charge in [0.2, 0.25) is 0 Å². The Morgan fingerprint density at radius 2 is 2.46 bits per heavy atom. The first kappa shape index (κ1) is 9.85. The van der Waals surface area contributed by atoms with Crippen molar-refractivity contribution in [3.05, 3.63) is 11.9 Å². The summed E-state index contributed by atoms with van der Waals surface area (Å²) in [5.74, 6) is 0. The van der Waals surface area contributed by atoms with Crippen molar-refractivity contribution < 1.29 is 9.90 Å². The molecule has 1 heterocycles. The van der Waals surface area contributed by atoms with Crippen molar-refractivity contribution in [3.8, 4) is 0 Å². The Kier molecular flexibility index (Phi) is 2.77. The highest BCUT2D eigenvalue weighted by Crippen LogP contribution is 2.17. The summed E-state index contributed by atoms with van der Waals surface area (Å²) in [6.07, 6.45) is 1.41. The zero-order chi connectivity index (χ0) is 10.0. The minimum atomic E-state index is -0.925. The Morgan fingerprint density at radius 3 is 2.85 bits per heavy atom. The van der Waals surface area contributed by atoms with E-state index in [1.807, 2.05) is 18.9 Å². The molecule has 1 atom stereocenters. The van der Waals surface area contributed by atoms with Gasteiger partial charge in [-0.2, -0.15) is 0 Å². The maximum atomic E-state index is 10.6. The summed E-state index contributed by atoms with van der Waals surface area (Å²) in [5.41, 5.74) is 6.59. The fourth-order valence-corrected chi connectivity index (χ4v) is 1.29. The fraction of sp³-hybridized carbons (Fsp3) is 0.625. The topological polar surface area (TPSA) is 69.8 Å². The van der Waals surface area contributed by atoms with Gasteiger partial charge < -0.3 is 15.7 Å². The van der Waals surface area contributed by atoms with E-state index in [4.69, 9.17) is 10.8 Å². The van der Waals surface area contributed by atoms with Crippen molar-refractivity contribution in [2.45, 2.75) is 19.4 Å². The van der Waals surface area contributed by atoms with Gasteiger partial charge in [-0.3, -0.25) is 4.90 Å². The molecule has 0 spiro atoms. The molecule has 0 aromatic rings. The minimum Gasteiger partial charge on any atom is -0.465 e. The number of hydrogen-bond acceptors (Lipinski definition) is 3. The summed E-state index contributed by atoms with van der Waals surface area (Å²) in [6, 6.07) is 0.0578. The Hall–Kier alpha value is -1.23. The van der Waals surface area contributed by atoms with Crippen LogP contribution in [0.2, 0.25) is 0 Å². The molecule has 0 fully saturated rings. The lowest BCUT2D eigenvalue weighted by atomic mass is 10.2. The number of carbonyl (C=O) groups is 1. The Morgan fingerprint density at radius 1 is 1.85 bits per heavy atom. The predicted octanol–water partition coefficient (Wildman–Crippen LogP) is 0.448. The summed E-state index contributed by atoms with van der Waals surface area (Å²) in [6.45, 7) is 2.30. The molecule has 0 aromatic carbocycles. The summed E-state index contributed by atoms with van der Waals surface area (Å²) < 4.78 is 0. The zero-order valence-corrected chi connectivity index (χ0v) is 7.90. The van der Waals surface area contributed by atoms with Gasteiger partial charge >= 0.3 is 6.09 Å². The minimum absolute atomic E-state index is 0.0578. The molecule has 0 saturated carbocycles. The van der Waals surface area contributed by atoms with Crippen LogP contribution < -0.4 is 5.73 Å². The van der Waals surface area contributed by atoms with Crippen LogP contribution in [-0.2, 0) is 0 Å². The molecule has 1 amide bonds. The molecule has 0 aliphatic carbocycles. The highest BCUT2D eigenvalue weighted by Gasteiger charge is 2.21. The van der Waals surface area contributed by atoms with Gasteiger partial charge in [-0.25, -0.2) is 4.79 Å². The number of nitrogens with zero attached hydrogens (tertiary/aromatic N) is 2. The molecule has 3 N–H and O–H groups in total. The van der Waals surface area contributed by atoms with Gasteiger partial charge in [-0.1, -0.05) is 0 Å². The summed E-state index contributed by atoms with van der Waals surface area (Å²) in [4.78, 5) is 13.7. The Balaban J connectivity index is 2.63. The number of rotatable bonds is 2. The van der Waals surface area contributed by atoms with Gasteiger partial charge in [-0.05, 0) is 6.92 Å². The van der Waals surface area contributed by atoms with Gasteiger partial charge in [0, 0.05) is 31.4 Å². The van der Waals surface area contributed by atoms with Crippen molar-refractivity contribution >= 4 is 6.09 Å². The summed E-state index contributed by atoms with van der Waals surface area (Å²) in [5, 5.41) is 8.71. The molecule has 0 saturated heterocycles. The van der Waals surface area contributed by atoms with Gasteiger partial charge in [0.1, 0.15) is 6.67 Å². The third-order valence-electron chi connectivity index (χ3n) is 1.94. The van der Waals surface area contributed by atoms with Gasteiger partial charge in [0.05, 0.1) is 0 Å². The zero-order valence-electron chi connectivity index (χ0n) is 7.90. The smallest absolute Gasteiger partial charge is 0.412 e. The normalized spacial score (nSPS) is 18.8. The molecule has 5 nitrogen and oxygen atoms in total. The maximum absolute atomic E-state index is 10.6. The van der Waals surface area contributed by atoms with Crippen LogP contribution in [-0.4, -0.2) is 40.8 Å². The molecule has 0 aromatic heterocycles. The quantitative estimate of drug-likeness (QED) is 0.655. The number of carboxylic acid groups (broad SMARTS) is 1. The Bertz CT molecular complexity index is 238. The van der Waals surface area contributed by atoms with E-state index in [-0.39, 0.29) is 6.04 Å². The van der Waals surface area contributed by atoms with Crippen LogP contribution in [0.1, 0.15) is 13.3 Å². The van der Waals surface area contributed by atoms with Crippen molar-refractivity contribution in [2.24, 2.45) is 5.73 Å². The van der Waals surface area contributed by atoms with E-state index in [0.29, 0.717) is 13.1 Å². The van der Waals surface area contributed by atoms with Crippen LogP contribution in [0.4, 0.5) is 4.79 Å². The molecule has 0 unspecified atom stereocenters. The van der Waals surface area contributed by atoms with E-state index >= 15 is 0 Å². The van der Waals surface area contributed by atoms with Crippen LogP contribution in [0.3, 0.4) is 0 Å². The van der Waals surface area contributed by atoms with Crippen LogP contribution in [0.15, 0.2) is 11.9 Å². The number of nitrogens with two attached hydrogens (primary N) is 1. The van der Waals surface area contributed by atoms with E-state index in [1.54, 1.807) is 6.20 Å². The SMILES string of the molecule is C[C@@H](N)CC1=CN(C(=O)O)CN1C. The molecule has 13 heavy (non-hydrogen) atoms. The van der Waals surface area contributed by atoms with Crippen LogP contribution in [0.5, 0.6) is 0 Å². The lowest BCUT2D eigenvalue weighted by Gasteiger charge is -2.17. The first-order valence-corrected chi connectivity index (χ1v) is 4.17. The second kappa shape index (κ2) is 3.66. The summed E-state index contributed by atoms with van der Waals surface area (Å²) >= 11 is 0. The van der Waals surface area contributed by atoms with Crippen LogP contribution in [0.25, 0.3) is 0 Å². The van der Waals surface area contributed by atoms with Crippen molar-refractivity contribution in [3.63, 3.8) is 0 Å². The largest absolute Gasteiger partial charge is 0.465 e.